The summed E-state index contributed by atoms with van der Waals surface area (Å²) in [4.78, 5) is 2.78. The van der Waals surface area contributed by atoms with Crippen LogP contribution in [0.4, 0.5) is 0 Å². The highest BCUT2D eigenvalue weighted by Crippen LogP contribution is 2.13. The molecule has 1 aliphatic rings. The van der Waals surface area contributed by atoms with Gasteiger partial charge < -0.3 is 5.53 Å². The predicted octanol–water partition coefficient (Wildman–Crippen LogP) is 0.430. The Labute approximate surface area is 75.8 Å². The summed E-state index contributed by atoms with van der Waals surface area (Å²) in [6.45, 7) is 1.68. The molecular weight excluding hydrogens is 192 g/mol. The van der Waals surface area contributed by atoms with Crippen molar-refractivity contribution in [1.29, 1.82) is 0 Å². The van der Waals surface area contributed by atoms with E-state index < -0.39 is 15.4 Å². The van der Waals surface area contributed by atoms with Crippen LogP contribution in [0.5, 0.6) is 0 Å². The fourth-order valence-electron chi connectivity index (χ4n) is 1.02. The molecule has 0 aromatic carbocycles. The fourth-order valence-corrected chi connectivity index (χ4v) is 1.84. The minimum Gasteiger partial charge on any atom is -0.361 e. The van der Waals surface area contributed by atoms with E-state index in [2.05, 4.69) is 4.79 Å². The lowest BCUT2D eigenvalue weighted by Crippen LogP contribution is -2.29. The van der Waals surface area contributed by atoms with Crippen molar-refractivity contribution in [2.75, 3.05) is 0 Å². The van der Waals surface area contributed by atoms with Crippen LogP contribution < -0.4 is 0 Å². The van der Waals surface area contributed by atoms with Gasteiger partial charge in [0, 0.05) is 6.08 Å². The molecule has 1 unspecified atom stereocenters. The first-order chi connectivity index (χ1) is 5.95. The SMILES string of the molecule is CC1=CC(S(=O)(=O)O)C(=[N+]=[N-])C=C1. The van der Waals surface area contributed by atoms with Crippen LogP contribution in [-0.2, 0) is 10.1 Å². The lowest BCUT2D eigenvalue weighted by molar-refractivity contribution is -0.00524. The Bertz CT molecular complexity index is 427. The van der Waals surface area contributed by atoms with Crippen LogP contribution in [-0.4, -0.2) is 28.7 Å². The van der Waals surface area contributed by atoms with E-state index >= 15 is 0 Å². The largest absolute Gasteiger partial charge is 0.361 e. The molecule has 1 aliphatic carbocycles. The molecule has 0 bridgehead atoms. The molecule has 0 spiro atoms. The summed E-state index contributed by atoms with van der Waals surface area (Å²) in [6, 6.07) is 0. The lowest BCUT2D eigenvalue weighted by Gasteiger charge is -2.07. The zero-order chi connectivity index (χ0) is 10.1. The van der Waals surface area contributed by atoms with E-state index in [9.17, 15) is 8.42 Å². The lowest BCUT2D eigenvalue weighted by atomic mass is 10.1. The Morgan fingerprint density at radius 3 is 2.62 bits per heavy atom. The topological polar surface area (TPSA) is 90.8 Å². The summed E-state index contributed by atoms with van der Waals surface area (Å²) in [5.74, 6) is 0. The molecule has 1 rings (SSSR count). The van der Waals surface area contributed by atoms with Crippen molar-refractivity contribution in [3.63, 3.8) is 0 Å². The Hall–Kier alpha value is -1.23. The average molecular weight is 200 g/mol. The molecule has 0 aromatic rings. The third-order valence-electron chi connectivity index (χ3n) is 1.66. The molecule has 6 heteroatoms. The second-order valence-corrected chi connectivity index (χ2v) is 4.24. The van der Waals surface area contributed by atoms with Gasteiger partial charge in [-0.05, 0) is 13.0 Å². The van der Waals surface area contributed by atoms with E-state index in [0.29, 0.717) is 5.57 Å². The van der Waals surface area contributed by atoms with Crippen molar-refractivity contribution in [2.45, 2.75) is 12.2 Å². The van der Waals surface area contributed by atoms with Gasteiger partial charge in [-0.3, -0.25) is 4.55 Å². The summed E-state index contributed by atoms with van der Waals surface area (Å²) in [5, 5.41) is -1.26. The van der Waals surface area contributed by atoms with Gasteiger partial charge in [0.25, 0.3) is 10.1 Å². The summed E-state index contributed by atoms with van der Waals surface area (Å²) in [7, 11) is -4.24. The van der Waals surface area contributed by atoms with Gasteiger partial charge in [-0.2, -0.15) is 13.2 Å². The molecular formula is C7H8N2O3S. The maximum absolute atomic E-state index is 10.8. The molecule has 5 nitrogen and oxygen atoms in total. The van der Waals surface area contributed by atoms with Crippen LogP contribution >= 0.6 is 0 Å². The molecule has 0 fully saturated rings. The van der Waals surface area contributed by atoms with E-state index in [1.807, 2.05) is 0 Å². The number of rotatable bonds is 1. The number of hydrogen-bond acceptors (Lipinski definition) is 2. The Kier molecular flexibility index (Phi) is 2.47. The Morgan fingerprint density at radius 2 is 2.15 bits per heavy atom. The van der Waals surface area contributed by atoms with Crippen molar-refractivity contribution in [2.24, 2.45) is 0 Å². The second kappa shape index (κ2) is 3.26. The predicted molar refractivity (Wildman–Crippen MR) is 46.9 cm³/mol. The summed E-state index contributed by atoms with van der Waals surface area (Å²) in [5.41, 5.74) is 9.04. The minimum absolute atomic E-state index is 0.0897. The molecule has 0 aliphatic heterocycles. The van der Waals surface area contributed by atoms with E-state index in [0.717, 1.165) is 0 Å². The van der Waals surface area contributed by atoms with Gasteiger partial charge in [0.05, 0.1) is 0 Å². The highest BCUT2D eigenvalue weighted by molar-refractivity contribution is 7.87. The quantitative estimate of drug-likeness (QED) is 0.378. The van der Waals surface area contributed by atoms with Crippen molar-refractivity contribution in [3.8, 4) is 0 Å². The molecule has 1 atom stereocenters. The third-order valence-corrected chi connectivity index (χ3v) is 2.68. The molecule has 70 valence electrons. The molecule has 0 saturated heterocycles. The van der Waals surface area contributed by atoms with Gasteiger partial charge in [0.15, 0.2) is 0 Å². The molecule has 0 amide bonds. The maximum Gasteiger partial charge on any atom is 0.316 e. The molecule has 1 N–H and O–H groups in total. The highest BCUT2D eigenvalue weighted by Gasteiger charge is 2.33. The van der Waals surface area contributed by atoms with E-state index in [4.69, 9.17) is 10.1 Å². The van der Waals surface area contributed by atoms with Gasteiger partial charge in [-0.15, -0.1) is 0 Å². The van der Waals surface area contributed by atoms with Crippen molar-refractivity contribution >= 4 is 15.8 Å². The molecule has 0 heterocycles. The van der Waals surface area contributed by atoms with Gasteiger partial charge in [0.1, 0.15) is 0 Å². The minimum atomic E-state index is -4.24. The Morgan fingerprint density at radius 1 is 1.54 bits per heavy atom. The zero-order valence-electron chi connectivity index (χ0n) is 6.88. The standard InChI is InChI=1S/C7H8N2O3S/c1-5-2-3-6(9-8)7(4-5)13(10,11)12/h2-4,7H,1H3,(H,10,11,12). The normalized spacial score (nSPS) is 22.5. The van der Waals surface area contributed by atoms with Crippen LogP contribution in [0.2, 0.25) is 0 Å². The van der Waals surface area contributed by atoms with Gasteiger partial charge >= 0.3 is 5.71 Å². The average Bonchev–Trinajstić information content (AvgIpc) is 2.03. The number of nitrogens with zero attached hydrogens (tertiary/aromatic N) is 2. The molecule has 0 radical (unpaired) electrons. The summed E-state index contributed by atoms with van der Waals surface area (Å²) < 4.78 is 30.3. The third kappa shape index (κ3) is 2.12. The monoisotopic (exact) mass is 200 g/mol. The summed E-state index contributed by atoms with van der Waals surface area (Å²) in [6.07, 6.45) is 4.24. The van der Waals surface area contributed by atoms with Gasteiger partial charge in [-0.1, -0.05) is 11.6 Å². The number of hydrogen-bond donors (Lipinski definition) is 1. The van der Waals surface area contributed by atoms with Gasteiger partial charge in [-0.25, -0.2) is 0 Å². The zero-order valence-corrected chi connectivity index (χ0v) is 7.69. The highest BCUT2D eigenvalue weighted by atomic mass is 32.2. The first-order valence-corrected chi connectivity index (χ1v) is 5.00. The van der Waals surface area contributed by atoms with Crippen molar-refractivity contribution < 1.29 is 17.8 Å². The smallest absolute Gasteiger partial charge is 0.316 e. The molecule has 0 saturated carbocycles. The molecule has 0 aromatic heterocycles. The van der Waals surface area contributed by atoms with Crippen LogP contribution in [0.15, 0.2) is 23.8 Å². The summed E-state index contributed by atoms with van der Waals surface area (Å²) >= 11 is 0. The second-order valence-electron chi connectivity index (χ2n) is 2.70. The number of allylic oxidation sites excluding steroid dienone is 3. The fraction of sp³-hybridized carbons (Fsp3) is 0.286. The molecule has 13 heavy (non-hydrogen) atoms. The van der Waals surface area contributed by atoms with Crippen LogP contribution in [0.3, 0.4) is 0 Å². The van der Waals surface area contributed by atoms with Gasteiger partial charge in [0.2, 0.25) is 5.25 Å². The van der Waals surface area contributed by atoms with Crippen LogP contribution in [0.25, 0.3) is 5.53 Å². The van der Waals surface area contributed by atoms with Crippen LogP contribution in [0, 0.1) is 0 Å². The van der Waals surface area contributed by atoms with Crippen molar-refractivity contribution in [1.82, 2.24) is 0 Å². The van der Waals surface area contributed by atoms with E-state index in [1.165, 1.54) is 12.2 Å². The van der Waals surface area contributed by atoms with E-state index in [-0.39, 0.29) is 5.71 Å². The first-order valence-electron chi connectivity index (χ1n) is 3.50. The van der Waals surface area contributed by atoms with Crippen molar-refractivity contribution in [3.05, 3.63) is 29.3 Å². The van der Waals surface area contributed by atoms with E-state index in [1.54, 1.807) is 13.0 Å². The first kappa shape index (κ1) is 9.85. The Balaban J connectivity index is 3.24. The van der Waals surface area contributed by atoms with Crippen LogP contribution in [0.1, 0.15) is 6.92 Å². The maximum atomic E-state index is 10.8.